The van der Waals surface area contributed by atoms with Gasteiger partial charge in [-0.15, -0.1) is 0 Å². The summed E-state index contributed by atoms with van der Waals surface area (Å²) in [5.41, 5.74) is 3.84. The van der Waals surface area contributed by atoms with Gasteiger partial charge in [-0.05, 0) is 43.7 Å². The Bertz CT molecular complexity index is 719. The molecule has 0 spiro atoms. The molecule has 2 aromatic rings. The third kappa shape index (κ3) is 4.28. The Morgan fingerprint density at radius 3 is 2.04 bits per heavy atom. The minimum absolute atomic E-state index is 0.131. The zero-order chi connectivity index (χ0) is 19.4. The second-order valence-corrected chi connectivity index (χ2v) is 5.92. The second-order valence-electron chi connectivity index (χ2n) is 5.92. The molecule has 0 aliphatic carbocycles. The van der Waals surface area contributed by atoms with Gasteiger partial charge in [0.1, 0.15) is 6.10 Å². The highest BCUT2D eigenvalue weighted by molar-refractivity contribution is 5.41. The van der Waals surface area contributed by atoms with Gasteiger partial charge in [-0.1, -0.05) is 24.3 Å². The van der Waals surface area contributed by atoms with Crippen molar-refractivity contribution < 1.29 is 27.8 Å². The fourth-order valence-corrected chi connectivity index (χ4v) is 2.57. The lowest BCUT2D eigenvalue weighted by atomic mass is 9.89. The van der Waals surface area contributed by atoms with E-state index in [0.717, 1.165) is 12.1 Å². The van der Waals surface area contributed by atoms with E-state index in [9.17, 15) is 18.3 Å². The minimum Gasteiger partial charge on any atom is -0.490 e. The van der Waals surface area contributed by atoms with Crippen LogP contribution < -0.4 is 15.2 Å². The van der Waals surface area contributed by atoms with E-state index in [1.165, 1.54) is 12.1 Å². The smallest absolute Gasteiger partial charge is 0.416 e. The van der Waals surface area contributed by atoms with Crippen molar-refractivity contribution in [3.8, 4) is 11.5 Å². The van der Waals surface area contributed by atoms with E-state index < -0.39 is 23.4 Å². The van der Waals surface area contributed by atoms with Crippen LogP contribution in [0.1, 0.15) is 25.0 Å². The van der Waals surface area contributed by atoms with Crippen LogP contribution in [0.2, 0.25) is 0 Å². The van der Waals surface area contributed by atoms with Gasteiger partial charge in [0.25, 0.3) is 0 Å². The molecule has 2 atom stereocenters. The number of ether oxygens (including phenoxy) is 2. The number of nitrogens with two attached hydrogens (primary N) is 1. The molecule has 26 heavy (non-hydrogen) atoms. The molecule has 4 nitrogen and oxygen atoms in total. The van der Waals surface area contributed by atoms with E-state index in [4.69, 9.17) is 15.2 Å². The third-order valence-electron chi connectivity index (χ3n) is 4.12. The second kappa shape index (κ2) is 7.97. The zero-order valence-electron chi connectivity index (χ0n) is 14.6. The number of aliphatic hydroxyl groups excluding tert-OH is 1. The van der Waals surface area contributed by atoms with E-state index in [2.05, 4.69) is 0 Å². The quantitative estimate of drug-likeness (QED) is 0.781. The number of hydrogen-bond acceptors (Lipinski definition) is 4. The van der Waals surface area contributed by atoms with Crippen LogP contribution in [0.5, 0.6) is 11.5 Å². The first-order valence-corrected chi connectivity index (χ1v) is 8.19. The summed E-state index contributed by atoms with van der Waals surface area (Å²) >= 11 is 0. The highest BCUT2D eigenvalue weighted by atomic mass is 19.4. The number of hydrogen-bond donors (Lipinski definition) is 2. The Morgan fingerprint density at radius 1 is 1.00 bits per heavy atom. The van der Waals surface area contributed by atoms with Gasteiger partial charge >= 0.3 is 6.18 Å². The molecule has 0 saturated carbocycles. The van der Waals surface area contributed by atoms with Crippen molar-refractivity contribution in [1.82, 2.24) is 0 Å². The molecular weight excluding hydrogens is 347 g/mol. The van der Waals surface area contributed by atoms with Crippen molar-refractivity contribution in [2.24, 2.45) is 5.73 Å². The Kier molecular flexibility index (Phi) is 6.15. The molecule has 7 heteroatoms. The highest BCUT2D eigenvalue weighted by Gasteiger charge is 2.38. The van der Waals surface area contributed by atoms with Crippen LogP contribution in [-0.2, 0) is 11.8 Å². The summed E-state index contributed by atoms with van der Waals surface area (Å²) in [5, 5.41) is 10.4. The monoisotopic (exact) mass is 369 g/mol. The Labute approximate surface area is 150 Å². The maximum Gasteiger partial charge on any atom is 0.416 e. The van der Waals surface area contributed by atoms with Gasteiger partial charge in [0.2, 0.25) is 0 Å². The molecule has 0 aliphatic heterocycles. The lowest BCUT2D eigenvalue weighted by Gasteiger charge is -2.35. The number of benzene rings is 2. The van der Waals surface area contributed by atoms with Crippen molar-refractivity contribution in [2.75, 3.05) is 13.2 Å². The molecule has 2 rings (SSSR count). The summed E-state index contributed by atoms with van der Waals surface area (Å²) in [4.78, 5) is 0. The van der Waals surface area contributed by atoms with Crippen LogP contribution in [0.15, 0.2) is 48.5 Å². The maximum atomic E-state index is 12.8. The number of rotatable bonds is 7. The molecule has 0 amide bonds. The predicted octanol–water partition coefficient (Wildman–Crippen LogP) is 3.72. The number of para-hydroxylation sites is 2. The molecule has 0 saturated heterocycles. The molecule has 0 bridgehead atoms. The van der Waals surface area contributed by atoms with Crippen LogP contribution in [0.25, 0.3) is 0 Å². The van der Waals surface area contributed by atoms with Gasteiger partial charge in [-0.2, -0.15) is 13.2 Å². The van der Waals surface area contributed by atoms with E-state index in [0.29, 0.717) is 23.7 Å². The SMILES string of the molecule is CCOc1ccccc1OC(C)(c1ccc(C(F)(F)F)cc1)C(O)CN. The van der Waals surface area contributed by atoms with E-state index >= 15 is 0 Å². The number of halogens is 3. The normalized spacial score (nSPS) is 15.2. The average molecular weight is 369 g/mol. The summed E-state index contributed by atoms with van der Waals surface area (Å²) in [5.74, 6) is 0.835. The van der Waals surface area contributed by atoms with Crippen LogP contribution in [-0.4, -0.2) is 24.4 Å². The van der Waals surface area contributed by atoms with Crippen LogP contribution in [0.3, 0.4) is 0 Å². The predicted molar refractivity (Wildman–Crippen MR) is 92.1 cm³/mol. The number of alkyl halides is 3. The molecule has 142 valence electrons. The van der Waals surface area contributed by atoms with Crippen molar-refractivity contribution in [1.29, 1.82) is 0 Å². The molecule has 3 N–H and O–H groups in total. The van der Waals surface area contributed by atoms with Crippen molar-refractivity contribution in [3.05, 3.63) is 59.7 Å². The summed E-state index contributed by atoms with van der Waals surface area (Å²) in [7, 11) is 0. The Morgan fingerprint density at radius 2 is 1.54 bits per heavy atom. The van der Waals surface area contributed by atoms with Gasteiger partial charge < -0.3 is 20.3 Å². The van der Waals surface area contributed by atoms with Crippen molar-refractivity contribution in [2.45, 2.75) is 31.7 Å². The van der Waals surface area contributed by atoms with Gasteiger partial charge in [0.15, 0.2) is 17.1 Å². The Balaban J connectivity index is 2.43. The molecular formula is C19H22F3NO3. The van der Waals surface area contributed by atoms with Crippen LogP contribution >= 0.6 is 0 Å². The summed E-state index contributed by atoms with van der Waals surface area (Å²) in [6.45, 7) is 3.68. The van der Waals surface area contributed by atoms with E-state index in [1.54, 1.807) is 31.2 Å². The highest BCUT2D eigenvalue weighted by Crippen LogP contribution is 2.37. The fourth-order valence-electron chi connectivity index (χ4n) is 2.57. The molecule has 0 aliphatic rings. The molecule has 2 aromatic carbocycles. The van der Waals surface area contributed by atoms with Crippen LogP contribution in [0, 0.1) is 0 Å². The van der Waals surface area contributed by atoms with Gasteiger partial charge in [-0.25, -0.2) is 0 Å². The third-order valence-corrected chi connectivity index (χ3v) is 4.12. The molecule has 2 unspecified atom stereocenters. The first kappa shape index (κ1) is 20.1. The summed E-state index contributed by atoms with van der Waals surface area (Å²) in [6.07, 6.45) is -5.59. The molecule has 0 radical (unpaired) electrons. The van der Waals surface area contributed by atoms with E-state index in [1.807, 2.05) is 6.92 Å². The largest absolute Gasteiger partial charge is 0.490 e. The molecule has 0 heterocycles. The van der Waals surface area contributed by atoms with Crippen molar-refractivity contribution >= 4 is 0 Å². The van der Waals surface area contributed by atoms with Gasteiger partial charge in [0.05, 0.1) is 12.2 Å². The summed E-state index contributed by atoms with van der Waals surface area (Å²) in [6, 6.07) is 11.4. The fraction of sp³-hybridized carbons (Fsp3) is 0.368. The number of aliphatic hydroxyl groups is 1. The van der Waals surface area contributed by atoms with Crippen molar-refractivity contribution in [3.63, 3.8) is 0 Å². The molecule has 0 aromatic heterocycles. The first-order chi connectivity index (χ1) is 12.2. The summed E-state index contributed by atoms with van der Waals surface area (Å²) < 4.78 is 49.9. The average Bonchev–Trinajstić information content (AvgIpc) is 2.62. The lowest BCUT2D eigenvalue weighted by Crippen LogP contribution is -2.46. The minimum atomic E-state index is -4.44. The Hall–Kier alpha value is -2.25. The topological polar surface area (TPSA) is 64.7 Å². The standard InChI is InChI=1S/C19H22F3NO3/c1-3-25-15-6-4-5-7-16(15)26-18(2,17(24)12-23)13-8-10-14(11-9-13)19(20,21)22/h4-11,17,24H,3,12,23H2,1-2H3. The zero-order valence-corrected chi connectivity index (χ0v) is 14.6. The van der Waals surface area contributed by atoms with Crippen LogP contribution in [0.4, 0.5) is 13.2 Å². The van der Waals surface area contributed by atoms with E-state index in [-0.39, 0.29) is 6.54 Å². The molecule has 0 fully saturated rings. The maximum absolute atomic E-state index is 12.8. The van der Waals surface area contributed by atoms with Gasteiger partial charge in [-0.3, -0.25) is 0 Å². The first-order valence-electron chi connectivity index (χ1n) is 8.19. The lowest BCUT2D eigenvalue weighted by molar-refractivity contribution is -0.137. The van der Waals surface area contributed by atoms with Gasteiger partial charge in [0, 0.05) is 6.54 Å².